The molecule has 0 amide bonds. The van der Waals surface area contributed by atoms with Crippen LogP contribution in [0.25, 0.3) is 0 Å². The van der Waals surface area contributed by atoms with Crippen LogP contribution in [0.15, 0.2) is 30.3 Å². The molecule has 0 radical (unpaired) electrons. The van der Waals surface area contributed by atoms with Gasteiger partial charge in [-0.3, -0.25) is 10.1 Å². The van der Waals surface area contributed by atoms with Crippen LogP contribution in [0.3, 0.4) is 0 Å². The van der Waals surface area contributed by atoms with Crippen LogP contribution >= 0.6 is 0 Å². The number of hydrogen-bond donors (Lipinski definition) is 0. The van der Waals surface area contributed by atoms with Gasteiger partial charge < -0.3 is 0 Å². The number of nitrogens with zero attached hydrogens (tertiary/aromatic N) is 1. The Morgan fingerprint density at radius 1 is 1.27 bits per heavy atom. The van der Waals surface area contributed by atoms with Gasteiger partial charge in [0.2, 0.25) is 0 Å². The van der Waals surface area contributed by atoms with E-state index in [0.717, 1.165) is 6.54 Å². The zero-order valence-corrected chi connectivity index (χ0v) is 7.82. The average Bonchev–Trinajstić information content (AvgIpc) is 1.88. The molecule has 0 spiro atoms. The molecule has 0 fully saturated rings. The van der Waals surface area contributed by atoms with Gasteiger partial charge in [-0.15, -0.1) is 17.7 Å². The topological polar surface area (TPSA) is 43.1 Å². The van der Waals surface area contributed by atoms with Gasteiger partial charge in [0.1, 0.15) is 6.54 Å². The van der Waals surface area contributed by atoms with Crippen molar-refractivity contribution in [1.82, 2.24) is 0 Å². The van der Waals surface area contributed by atoms with Gasteiger partial charge in [-0.25, -0.2) is 0 Å². The standard InChI is InChI=1S/C7H6NO2.Pt/c9-8(10)6-7-4-2-1-3-5-7;/h1-6H;/q-1;. The molecule has 0 N–H and O–H groups in total. The molecule has 0 aliphatic rings. The minimum absolute atomic E-state index is 0. The van der Waals surface area contributed by atoms with Gasteiger partial charge in [-0.2, -0.15) is 12.1 Å². The number of benzene rings is 1. The first kappa shape index (κ1) is 10.2. The summed E-state index contributed by atoms with van der Waals surface area (Å²) in [6.45, 7) is 0.972. The van der Waals surface area contributed by atoms with Crippen molar-refractivity contribution in [2.45, 2.75) is 0 Å². The summed E-state index contributed by atoms with van der Waals surface area (Å²) in [6.07, 6.45) is 0. The SMILES string of the molecule is O=[N+]([O-])[CH-]c1ccccc1.[Pt]. The molecule has 62 valence electrons. The summed E-state index contributed by atoms with van der Waals surface area (Å²) >= 11 is 0. The number of rotatable bonds is 2. The Morgan fingerprint density at radius 2 is 1.82 bits per heavy atom. The van der Waals surface area contributed by atoms with E-state index >= 15 is 0 Å². The van der Waals surface area contributed by atoms with Gasteiger partial charge in [0, 0.05) is 21.1 Å². The van der Waals surface area contributed by atoms with E-state index in [4.69, 9.17) is 0 Å². The maximum absolute atomic E-state index is 9.92. The van der Waals surface area contributed by atoms with Gasteiger partial charge in [-0.05, 0) is 4.92 Å². The Balaban J connectivity index is 0.000001000. The fraction of sp³-hybridized carbons (Fsp3) is 0. The predicted molar refractivity (Wildman–Crippen MR) is 36.8 cm³/mol. The molecule has 1 rings (SSSR count). The molecular formula is C7H6NO2Pt-. The molecule has 0 atom stereocenters. The van der Waals surface area contributed by atoms with E-state index in [0.29, 0.717) is 5.56 Å². The van der Waals surface area contributed by atoms with E-state index in [-0.39, 0.29) is 21.1 Å². The van der Waals surface area contributed by atoms with Gasteiger partial charge in [0.15, 0.2) is 0 Å². The summed E-state index contributed by atoms with van der Waals surface area (Å²) in [5, 5.41) is 9.92. The molecule has 0 saturated heterocycles. The summed E-state index contributed by atoms with van der Waals surface area (Å²) in [6, 6.07) is 8.70. The van der Waals surface area contributed by atoms with Crippen molar-refractivity contribution in [3.63, 3.8) is 0 Å². The summed E-state index contributed by atoms with van der Waals surface area (Å²) in [5.74, 6) is 0. The van der Waals surface area contributed by atoms with Crippen LogP contribution in [-0.2, 0) is 21.1 Å². The predicted octanol–water partition coefficient (Wildman–Crippen LogP) is 1.47. The molecule has 4 heteroatoms. The van der Waals surface area contributed by atoms with Crippen LogP contribution in [-0.4, -0.2) is 4.92 Å². The largest absolute Gasteiger partial charge is 0.271 e. The van der Waals surface area contributed by atoms with Crippen LogP contribution in [0, 0.1) is 16.7 Å². The number of nitro groups is 1. The van der Waals surface area contributed by atoms with E-state index in [1.807, 2.05) is 6.07 Å². The summed E-state index contributed by atoms with van der Waals surface area (Å²) in [7, 11) is 0. The minimum Gasteiger partial charge on any atom is -0.271 e. The minimum atomic E-state index is -0.463. The van der Waals surface area contributed by atoms with E-state index in [1.54, 1.807) is 24.3 Å². The molecule has 0 heterocycles. The smallest absolute Gasteiger partial charge is 0.136 e. The summed E-state index contributed by atoms with van der Waals surface area (Å²) < 4.78 is 0. The molecular weight excluding hydrogens is 325 g/mol. The van der Waals surface area contributed by atoms with E-state index in [2.05, 4.69) is 0 Å². The molecule has 0 aromatic heterocycles. The van der Waals surface area contributed by atoms with Crippen LogP contribution in [0.5, 0.6) is 0 Å². The van der Waals surface area contributed by atoms with Crippen molar-refractivity contribution in [3.05, 3.63) is 52.6 Å². The molecule has 11 heavy (non-hydrogen) atoms. The van der Waals surface area contributed by atoms with Gasteiger partial charge in [0.05, 0.1) is 0 Å². The molecule has 1 aromatic carbocycles. The third-order valence-electron chi connectivity index (χ3n) is 1.05. The maximum atomic E-state index is 9.92. The second-order valence-electron chi connectivity index (χ2n) is 1.83. The average molecular weight is 331 g/mol. The molecule has 0 aliphatic heterocycles. The zero-order valence-electron chi connectivity index (χ0n) is 5.54. The Hall–Kier alpha value is -0.822. The Bertz CT molecular complexity index is 225. The fourth-order valence-corrected chi connectivity index (χ4v) is 0.661. The fourth-order valence-electron chi connectivity index (χ4n) is 0.661. The van der Waals surface area contributed by atoms with Crippen molar-refractivity contribution in [3.8, 4) is 0 Å². The van der Waals surface area contributed by atoms with Crippen molar-refractivity contribution >= 4 is 0 Å². The second kappa shape index (κ2) is 4.91. The Kier molecular flexibility index (Phi) is 4.55. The third-order valence-corrected chi connectivity index (χ3v) is 1.05. The van der Waals surface area contributed by atoms with E-state index in [9.17, 15) is 10.1 Å². The van der Waals surface area contributed by atoms with Gasteiger partial charge >= 0.3 is 0 Å². The van der Waals surface area contributed by atoms with Gasteiger partial charge in [0.25, 0.3) is 0 Å². The van der Waals surface area contributed by atoms with Crippen LogP contribution in [0.2, 0.25) is 0 Å². The molecule has 1 aromatic rings. The molecule has 0 aliphatic carbocycles. The normalized spacial score (nSPS) is 8.00. The van der Waals surface area contributed by atoms with E-state index < -0.39 is 4.92 Å². The quantitative estimate of drug-likeness (QED) is 0.468. The summed E-state index contributed by atoms with van der Waals surface area (Å²) in [4.78, 5) is 9.46. The summed E-state index contributed by atoms with van der Waals surface area (Å²) in [5.41, 5.74) is 0.618. The van der Waals surface area contributed by atoms with Crippen LogP contribution in [0.1, 0.15) is 5.56 Å². The zero-order chi connectivity index (χ0) is 7.40. The van der Waals surface area contributed by atoms with Crippen LogP contribution in [0.4, 0.5) is 0 Å². The first-order valence-electron chi connectivity index (χ1n) is 2.82. The molecule has 3 nitrogen and oxygen atoms in total. The monoisotopic (exact) mass is 331 g/mol. The van der Waals surface area contributed by atoms with E-state index in [1.165, 1.54) is 0 Å². The second-order valence-corrected chi connectivity index (χ2v) is 1.83. The molecule has 0 unspecified atom stereocenters. The molecule has 0 bridgehead atoms. The Labute approximate surface area is 78.8 Å². The maximum Gasteiger partial charge on any atom is 0.136 e. The molecule has 0 saturated carbocycles. The van der Waals surface area contributed by atoms with Crippen molar-refractivity contribution in [2.24, 2.45) is 0 Å². The first-order chi connectivity index (χ1) is 4.79. The van der Waals surface area contributed by atoms with Crippen molar-refractivity contribution < 1.29 is 26.0 Å². The Morgan fingerprint density at radius 3 is 2.27 bits per heavy atom. The third kappa shape index (κ3) is 3.78. The first-order valence-corrected chi connectivity index (χ1v) is 2.82. The van der Waals surface area contributed by atoms with Gasteiger partial charge in [-0.1, -0.05) is 6.07 Å². The van der Waals surface area contributed by atoms with Crippen molar-refractivity contribution in [1.29, 1.82) is 0 Å². The van der Waals surface area contributed by atoms with Crippen LogP contribution < -0.4 is 0 Å². The van der Waals surface area contributed by atoms with Crippen molar-refractivity contribution in [2.75, 3.05) is 0 Å². The number of hydrogen-bond acceptors (Lipinski definition) is 2.